The maximum atomic E-state index is 13.5. The molecule has 1 aliphatic rings. The molecule has 1 aromatic heterocycles. The molecule has 1 aromatic carbocycles. The number of amides is 3. The number of nitrogens with zero attached hydrogens (tertiary/aromatic N) is 3. The Kier molecular flexibility index (Phi) is 7.19. The molecule has 2 aromatic rings. The fourth-order valence-electron chi connectivity index (χ4n) is 4.01. The molecule has 3 rings (SSSR count). The molecule has 0 aliphatic carbocycles. The summed E-state index contributed by atoms with van der Waals surface area (Å²) in [6.45, 7) is 7.76. The molecule has 1 atom stereocenters. The van der Waals surface area contributed by atoms with Crippen molar-refractivity contribution < 1.29 is 9.59 Å². The standard InChI is InChI=1S/C24H33N3O2S/c1-17(2)10-13-26(24(29)25(4)5)16-22(28)27-14-11-21-20(12-15-30-21)23(27)19-9-7-6-8-18(19)3/h6-9,12,15,17,23H,10-11,13-14,16H2,1-5H3/t23-/m0/s1. The van der Waals surface area contributed by atoms with Gasteiger partial charge in [-0.3, -0.25) is 4.79 Å². The second-order valence-electron chi connectivity index (χ2n) is 8.68. The molecule has 0 saturated carbocycles. The highest BCUT2D eigenvalue weighted by Crippen LogP contribution is 2.39. The van der Waals surface area contributed by atoms with Crippen LogP contribution in [0.1, 0.15) is 47.9 Å². The Morgan fingerprint density at radius 3 is 2.57 bits per heavy atom. The molecule has 3 amide bonds. The second kappa shape index (κ2) is 9.65. The summed E-state index contributed by atoms with van der Waals surface area (Å²) in [4.78, 5) is 32.8. The van der Waals surface area contributed by atoms with Crippen LogP contribution in [0.25, 0.3) is 0 Å². The molecule has 0 radical (unpaired) electrons. The molecule has 0 N–H and O–H groups in total. The average molecular weight is 428 g/mol. The number of carbonyl (C=O) groups is 2. The second-order valence-corrected chi connectivity index (χ2v) is 9.68. The van der Waals surface area contributed by atoms with Crippen LogP contribution >= 0.6 is 11.3 Å². The van der Waals surface area contributed by atoms with Gasteiger partial charge in [0.05, 0.1) is 6.04 Å². The SMILES string of the molecule is Cc1ccccc1[C@H]1c2ccsc2CCN1C(=O)CN(CCC(C)C)C(=O)N(C)C. The Hall–Kier alpha value is -2.34. The molecule has 30 heavy (non-hydrogen) atoms. The first kappa shape index (κ1) is 22.3. The maximum Gasteiger partial charge on any atom is 0.319 e. The molecular formula is C24H33N3O2S. The molecule has 6 heteroatoms. The third-order valence-corrected chi connectivity index (χ3v) is 6.72. The zero-order chi connectivity index (χ0) is 21.8. The molecule has 0 fully saturated rings. The highest BCUT2D eigenvalue weighted by molar-refractivity contribution is 7.10. The lowest BCUT2D eigenvalue weighted by molar-refractivity contribution is -0.134. The number of thiophene rings is 1. The summed E-state index contributed by atoms with van der Waals surface area (Å²) in [6, 6.07) is 10.2. The summed E-state index contributed by atoms with van der Waals surface area (Å²) in [5.74, 6) is 0.486. The van der Waals surface area contributed by atoms with Gasteiger partial charge in [0, 0.05) is 32.1 Å². The van der Waals surface area contributed by atoms with Crippen molar-refractivity contribution >= 4 is 23.3 Å². The number of hydrogen-bond acceptors (Lipinski definition) is 3. The lowest BCUT2D eigenvalue weighted by atomic mass is 9.90. The zero-order valence-electron chi connectivity index (χ0n) is 18.7. The van der Waals surface area contributed by atoms with Crippen LogP contribution in [0.2, 0.25) is 0 Å². The van der Waals surface area contributed by atoms with E-state index < -0.39 is 0 Å². The number of benzene rings is 1. The van der Waals surface area contributed by atoms with Gasteiger partial charge in [-0.25, -0.2) is 4.79 Å². The van der Waals surface area contributed by atoms with Crippen molar-refractivity contribution in [3.63, 3.8) is 0 Å². The molecule has 0 spiro atoms. The van der Waals surface area contributed by atoms with Crippen LogP contribution in [0.15, 0.2) is 35.7 Å². The predicted molar refractivity (Wildman–Crippen MR) is 123 cm³/mol. The van der Waals surface area contributed by atoms with Crippen molar-refractivity contribution in [1.29, 1.82) is 0 Å². The fourth-order valence-corrected chi connectivity index (χ4v) is 4.91. The highest BCUT2D eigenvalue weighted by atomic mass is 32.1. The van der Waals surface area contributed by atoms with Gasteiger partial charge in [-0.1, -0.05) is 38.1 Å². The van der Waals surface area contributed by atoms with Gasteiger partial charge in [-0.15, -0.1) is 11.3 Å². The van der Waals surface area contributed by atoms with Crippen molar-refractivity contribution in [3.8, 4) is 0 Å². The van der Waals surface area contributed by atoms with Gasteiger partial charge in [-0.05, 0) is 53.8 Å². The number of urea groups is 1. The molecule has 2 heterocycles. The summed E-state index contributed by atoms with van der Waals surface area (Å²) in [5, 5.41) is 2.12. The summed E-state index contributed by atoms with van der Waals surface area (Å²) < 4.78 is 0. The van der Waals surface area contributed by atoms with E-state index in [4.69, 9.17) is 0 Å². The van der Waals surface area contributed by atoms with E-state index in [1.54, 1.807) is 35.2 Å². The van der Waals surface area contributed by atoms with E-state index in [-0.39, 0.29) is 24.5 Å². The van der Waals surface area contributed by atoms with Crippen LogP contribution in [0.5, 0.6) is 0 Å². The third-order valence-electron chi connectivity index (χ3n) is 5.72. The first-order chi connectivity index (χ1) is 14.3. The lowest BCUT2D eigenvalue weighted by Crippen LogP contribution is -2.49. The summed E-state index contributed by atoms with van der Waals surface area (Å²) >= 11 is 1.77. The van der Waals surface area contributed by atoms with Crippen LogP contribution in [0.4, 0.5) is 4.79 Å². The third kappa shape index (κ3) is 4.86. The van der Waals surface area contributed by atoms with E-state index in [1.165, 1.54) is 16.0 Å². The van der Waals surface area contributed by atoms with Gasteiger partial charge in [0.2, 0.25) is 5.91 Å². The van der Waals surface area contributed by atoms with Gasteiger partial charge in [0.15, 0.2) is 0 Å². The Balaban J connectivity index is 1.89. The van der Waals surface area contributed by atoms with Crippen molar-refractivity contribution in [1.82, 2.24) is 14.7 Å². The maximum absolute atomic E-state index is 13.5. The quantitative estimate of drug-likeness (QED) is 0.678. The number of hydrogen-bond donors (Lipinski definition) is 0. The number of carbonyl (C=O) groups excluding carboxylic acids is 2. The van der Waals surface area contributed by atoms with Crippen molar-refractivity contribution in [2.45, 2.75) is 39.7 Å². The largest absolute Gasteiger partial charge is 0.331 e. The first-order valence-electron chi connectivity index (χ1n) is 10.7. The molecule has 162 valence electrons. The number of aryl methyl sites for hydroxylation is 1. The Labute approximate surface area is 184 Å². The molecule has 0 unspecified atom stereocenters. The fraction of sp³-hybridized carbons (Fsp3) is 0.500. The minimum absolute atomic E-state index is 0.0130. The van der Waals surface area contributed by atoms with Gasteiger partial charge < -0.3 is 14.7 Å². The van der Waals surface area contributed by atoms with Crippen LogP contribution < -0.4 is 0 Å². The van der Waals surface area contributed by atoms with E-state index in [0.717, 1.165) is 18.4 Å². The molecule has 1 aliphatic heterocycles. The van der Waals surface area contributed by atoms with Crippen molar-refractivity contribution in [2.24, 2.45) is 5.92 Å². The number of fused-ring (bicyclic) bond motifs is 1. The van der Waals surface area contributed by atoms with Crippen LogP contribution in [0, 0.1) is 12.8 Å². The molecule has 0 bridgehead atoms. The first-order valence-corrected chi connectivity index (χ1v) is 11.5. The lowest BCUT2D eigenvalue weighted by Gasteiger charge is -2.38. The predicted octanol–water partition coefficient (Wildman–Crippen LogP) is 4.56. The highest BCUT2D eigenvalue weighted by Gasteiger charge is 2.34. The summed E-state index contributed by atoms with van der Waals surface area (Å²) in [5.41, 5.74) is 3.57. The van der Waals surface area contributed by atoms with Gasteiger partial charge in [-0.2, -0.15) is 0 Å². The van der Waals surface area contributed by atoms with E-state index in [9.17, 15) is 9.59 Å². The topological polar surface area (TPSA) is 43.9 Å². The van der Waals surface area contributed by atoms with Gasteiger partial charge in [0.1, 0.15) is 6.54 Å². The molecule has 5 nitrogen and oxygen atoms in total. The monoisotopic (exact) mass is 427 g/mol. The van der Waals surface area contributed by atoms with Crippen LogP contribution in [-0.4, -0.2) is 60.4 Å². The van der Waals surface area contributed by atoms with Gasteiger partial charge in [0.25, 0.3) is 0 Å². The van der Waals surface area contributed by atoms with Crippen molar-refractivity contribution in [3.05, 3.63) is 57.3 Å². The van der Waals surface area contributed by atoms with E-state index in [1.807, 2.05) is 17.0 Å². The van der Waals surface area contributed by atoms with E-state index >= 15 is 0 Å². The minimum Gasteiger partial charge on any atom is -0.331 e. The van der Waals surface area contributed by atoms with E-state index in [2.05, 4.69) is 44.4 Å². The van der Waals surface area contributed by atoms with Crippen LogP contribution in [0.3, 0.4) is 0 Å². The molecular weight excluding hydrogens is 394 g/mol. The zero-order valence-corrected chi connectivity index (χ0v) is 19.5. The van der Waals surface area contributed by atoms with Crippen LogP contribution in [-0.2, 0) is 11.2 Å². The Bertz CT molecular complexity index is 890. The summed E-state index contributed by atoms with van der Waals surface area (Å²) in [6.07, 6.45) is 1.75. The Morgan fingerprint density at radius 1 is 1.17 bits per heavy atom. The molecule has 0 saturated heterocycles. The van der Waals surface area contributed by atoms with Crippen molar-refractivity contribution in [2.75, 3.05) is 33.7 Å². The summed E-state index contributed by atoms with van der Waals surface area (Å²) in [7, 11) is 3.48. The minimum atomic E-state index is -0.107. The number of rotatable bonds is 6. The smallest absolute Gasteiger partial charge is 0.319 e. The van der Waals surface area contributed by atoms with E-state index in [0.29, 0.717) is 19.0 Å². The Morgan fingerprint density at radius 2 is 1.90 bits per heavy atom. The van der Waals surface area contributed by atoms with Gasteiger partial charge >= 0.3 is 6.03 Å². The average Bonchev–Trinajstić information content (AvgIpc) is 3.19. The normalized spacial score (nSPS) is 15.8.